The molecule has 2 heterocycles. The number of rotatable bonds is 4. The summed E-state index contributed by atoms with van der Waals surface area (Å²) in [6, 6.07) is 14.2. The number of Topliss-reactive ketones (excluding diaryl/α,β-unsaturated/α-hetero) is 1. The number of aliphatic imine (C=N–C) groups is 1. The highest BCUT2D eigenvalue weighted by molar-refractivity contribution is 6.06. The fourth-order valence-electron chi connectivity index (χ4n) is 3.93. The molecule has 4 rings (SSSR count). The predicted octanol–water partition coefficient (Wildman–Crippen LogP) is 3.47. The maximum absolute atomic E-state index is 14.0. The zero-order valence-corrected chi connectivity index (χ0v) is 16.5. The highest BCUT2D eigenvalue weighted by Gasteiger charge is 2.33. The Kier molecular flexibility index (Phi) is 5.43. The summed E-state index contributed by atoms with van der Waals surface area (Å²) in [6.45, 7) is 4.67. The van der Waals surface area contributed by atoms with Gasteiger partial charge in [0.15, 0.2) is 5.78 Å². The van der Waals surface area contributed by atoms with E-state index in [1.165, 1.54) is 6.07 Å². The van der Waals surface area contributed by atoms with Gasteiger partial charge in [-0.2, -0.15) is 0 Å². The number of halogens is 1. The van der Waals surface area contributed by atoms with Crippen LogP contribution in [-0.4, -0.2) is 48.6 Å². The summed E-state index contributed by atoms with van der Waals surface area (Å²) in [4.78, 5) is 33.2. The van der Waals surface area contributed by atoms with E-state index in [9.17, 15) is 14.0 Å². The molecule has 0 radical (unpaired) electrons. The van der Waals surface area contributed by atoms with Crippen molar-refractivity contribution >= 4 is 23.2 Å². The van der Waals surface area contributed by atoms with Crippen molar-refractivity contribution in [2.45, 2.75) is 19.8 Å². The number of aryl methyl sites for hydroxylation is 1. The van der Waals surface area contributed by atoms with Gasteiger partial charge in [-0.1, -0.05) is 42.0 Å². The van der Waals surface area contributed by atoms with Crippen molar-refractivity contribution in [2.75, 3.05) is 31.1 Å². The van der Waals surface area contributed by atoms with Crippen molar-refractivity contribution in [1.82, 2.24) is 4.90 Å². The Hall–Kier alpha value is -3.02. The fourth-order valence-corrected chi connectivity index (χ4v) is 3.93. The second-order valence-electron chi connectivity index (χ2n) is 7.69. The van der Waals surface area contributed by atoms with E-state index in [0.29, 0.717) is 43.9 Å². The maximum Gasteiger partial charge on any atom is 0.251 e. The zero-order chi connectivity index (χ0) is 20.4. The van der Waals surface area contributed by atoms with Gasteiger partial charge in [-0.25, -0.2) is 9.38 Å². The number of nitrogens with zero attached hydrogens (tertiary/aromatic N) is 3. The Labute approximate surface area is 169 Å². The van der Waals surface area contributed by atoms with Gasteiger partial charge in [0, 0.05) is 44.6 Å². The van der Waals surface area contributed by atoms with Crippen LogP contribution in [0.3, 0.4) is 0 Å². The molecule has 5 nitrogen and oxygen atoms in total. The molecule has 0 N–H and O–H groups in total. The molecule has 2 aromatic rings. The van der Waals surface area contributed by atoms with Crippen molar-refractivity contribution < 1.29 is 14.0 Å². The van der Waals surface area contributed by atoms with Crippen molar-refractivity contribution in [3.8, 4) is 0 Å². The molecule has 0 saturated carbocycles. The van der Waals surface area contributed by atoms with E-state index in [0.717, 1.165) is 11.4 Å². The number of hydrogen-bond acceptors (Lipinski definition) is 4. The lowest BCUT2D eigenvalue weighted by molar-refractivity contribution is -0.120. The number of para-hydroxylation sites is 1. The summed E-state index contributed by atoms with van der Waals surface area (Å²) in [5.74, 6) is -0.0847. The molecule has 0 bridgehead atoms. The number of anilines is 1. The van der Waals surface area contributed by atoms with Crippen LogP contribution in [0.4, 0.5) is 10.1 Å². The number of carbonyl (C=O) groups is 2. The minimum atomic E-state index is -0.386. The minimum absolute atomic E-state index is 0.0239. The van der Waals surface area contributed by atoms with Crippen LogP contribution in [0.15, 0.2) is 53.5 Å². The van der Waals surface area contributed by atoms with E-state index in [1.54, 1.807) is 24.3 Å². The monoisotopic (exact) mass is 393 g/mol. The topological polar surface area (TPSA) is 53.0 Å². The molecule has 0 aliphatic carbocycles. The highest BCUT2D eigenvalue weighted by Crippen LogP contribution is 2.25. The van der Waals surface area contributed by atoms with Crippen molar-refractivity contribution in [3.05, 3.63) is 65.5 Å². The first-order valence-electron chi connectivity index (χ1n) is 9.97. The summed E-state index contributed by atoms with van der Waals surface area (Å²) in [5.41, 5.74) is 2.34. The number of benzene rings is 2. The summed E-state index contributed by atoms with van der Waals surface area (Å²) >= 11 is 0. The van der Waals surface area contributed by atoms with Gasteiger partial charge in [-0.3, -0.25) is 9.59 Å². The lowest BCUT2D eigenvalue weighted by Crippen LogP contribution is -2.48. The summed E-state index contributed by atoms with van der Waals surface area (Å²) in [7, 11) is 0. The number of amidine groups is 1. The van der Waals surface area contributed by atoms with Crippen LogP contribution in [0.1, 0.15) is 28.8 Å². The van der Waals surface area contributed by atoms with Crippen LogP contribution in [0.25, 0.3) is 0 Å². The van der Waals surface area contributed by atoms with Crippen molar-refractivity contribution in [2.24, 2.45) is 10.9 Å². The first-order chi connectivity index (χ1) is 14.0. The van der Waals surface area contributed by atoms with E-state index in [2.05, 4.69) is 9.89 Å². The van der Waals surface area contributed by atoms with Gasteiger partial charge in [0.2, 0.25) is 0 Å². The van der Waals surface area contributed by atoms with Gasteiger partial charge >= 0.3 is 0 Å². The molecule has 2 aliphatic rings. The third-order valence-electron chi connectivity index (χ3n) is 5.66. The largest absolute Gasteiger partial charge is 0.366 e. The fraction of sp³-hybridized carbons (Fsp3) is 0.348. The third-order valence-corrected chi connectivity index (χ3v) is 5.66. The van der Waals surface area contributed by atoms with Crippen LogP contribution in [0.5, 0.6) is 0 Å². The van der Waals surface area contributed by atoms with Crippen LogP contribution in [0, 0.1) is 18.7 Å². The molecule has 0 aromatic heterocycles. The van der Waals surface area contributed by atoms with Crippen molar-refractivity contribution in [3.63, 3.8) is 0 Å². The second-order valence-corrected chi connectivity index (χ2v) is 7.69. The van der Waals surface area contributed by atoms with Crippen LogP contribution >= 0.6 is 0 Å². The summed E-state index contributed by atoms with van der Waals surface area (Å²) < 4.78 is 14.0. The van der Waals surface area contributed by atoms with Gasteiger partial charge in [0.1, 0.15) is 11.7 Å². The molecule has 29 heavy (non-hydrogen) atoms. The highest BCUT2D eigenvalue weighted by atomic mass is 19.1. The Morgan fingerprint density at radius 3 is 2.38 bits per heavy atom. The standard InChI is InChI=1S/C23H24FN3O2/c1-16-6-8-17(9-7-16)21(28)14-18-15-22(25-23(18)29)27-12-10-26(11-13-27)20-5-3-2-4-19(20)24/h2-9,18H,10-15H2,1H3. The van der Waals surface area contributed by atoms with E-state index >= 15 is 0 Å². The van der Waals surface area contributed by atoms with Gasteiger partial charge < -0.3 is 9.80 Å². The van der Waals surface area contributed by atoms with E-state index in [-0.39, 0.29) is 29.8 Å². The first-order valence-corrected chi connectivity index (χ1v) is 9.97. The van der Waals surface area contributed by atoms with Gasteiger partial charge in [0.25, 0.3) is 5.91 Å². The number of hydrogen-bond donors (Lipinski definition) is 0. The molecule has 1 saturated heterocycles. The summed E-state index contributed by atoms with van der Waals surface area (Å²) in [6.07, 6.45) is 0.681. The molecule has 1 unspecified atom stereocenters. The molecule has 2 aliphatic heterocycles. The van der Waals surface area contributed by atoms with E-state index < -0.39 is 0 Å². The Morgan fingerprint density at radius 1 is 1.03 bits per heavy atom. The third kappa shape index (κ3) is 4.21. The second kappa shape index (κ2) is 8.15. The van der Waals surface area contributed by atoms with E-state index in [4.69, 9.17) is 0 Å². The zero-order valence-electron chi connectivity index (χ0n) is 16.5. The molecule has 150 valence electrons. The summed E-state index contributed by atoms with van der Waals surface area (Å²) in [5, 5.41) is 0. The molecule has 6 heteroatoms. The molecular weight excluding hydrogens is 369 g/mol. The Balaban J connectivity index is 1.34. The smallest absolute Gasteiger partial charge is 0.251 e. The number of piperazine rings is 1. The number of ketones is 1. The molecule has 2 aromatic carbocycles. The average Bonchev–Trinajstić information content (AvgIpc) is 3.09. The first kappa shape index (κ1) is 19.3. The Bertz CT molecular complexity index is 947. The molecule has 1 fully saturated rings. The molecule has 0 spiro atoms. The van der Waals surface area contributed by atoms with Crippen molar-refractivity contribution in [1.29, 1.82) is 0 Å². The maximum atomic E-state index is 14.0. The molecular formula is C23H24FN3O2. The molecule has 1 amide bonds. The lowest BCUT2D eigenvalue weighted by atomic mass is 9.95. The normalized spacial score (nSPS) is 19.4. The van der Waals surface area contributed by atoms with E-state index in [1.807, 2.05) is 30.0 Å². The van der Waals surface area contributed by atoms with Gasteiger partial charge in [-0.15, -0.1) is 0 Å². The predicted molar refractivity (Wildman–Crippen MR) is 111 cm³/mol. The van der Waals surface area contributed by atoms with Gasteiger partial charge in [-0.05, 0) is 19.1 Å². The molecule has 1 atom stereocenters. The average molecular weight is 393 g/mol. The quantitative estimate of drug-likeness (QED) is 0.747. The lowest BCUT2D eigenvalue weighted by Gasteiger charge is -2.37. The van der Waals surface area contributed by atoms with Crippen LogP contribution < -0.4 is 4.90 Å². The van der Waals surface area contributed by atoms with Crippen LogP contribution in [0.2, 0.25) is 0 Å². The Morgan fingerprint density at radius 2 is 1.69 bits per heavy atom. The minimum Gasteiger partial charge on any atom is -0.366 e. The number of carbonyl (C=O) groups excluding carboxylic acids is 2. The van der Waals surface area contributed by atoms with Gasteiger partial charge in [0.05, 0.1) is 11.6 Å². The van der Waals surface area contributed by atoms with Crippen LogP contribution in [-0.2, 0) is 4.79 Å². The number of amides is 1. The SMILES string of the molecule is Cc1ccc(C(=O)CC2CC(N3CCN(c4ccccc4F)CC3)=NC2=O)cc1.